The molecule has 1 aromatic heterocycles. The largest absolute Gasteiger partial charge is 0.465 e. The van der Waals surface area contributed by atoms with Gasteiger partial charge in [0.2, 0.25) is 0 Å². The molecule has 1 amide bonds. The average Bonchev–Trinajstić information content (AvgIpc) is 2.87. The van der Waals surface area contributed by atoms with Crippen molar-refractivity contribution in [2.24, 2.45) is 5.73 Å². The van der Waals surface area contributed by atoms with Gasteiger partial charge in [0.25, 0.3) is 5.91 Å². The lowest BCUT2D eigenvalue weighted by Crippen LogP contribution is -2.10. The predicted octanol–water partition coefficient (Wildman–Crippen LogP) is 0.479. The van der Waals surface area contributed by atoms with Crippen molar-refractivity contribution >= 4 is 17.6 Å². The third kappa shape index (κ3) is 2.30. The SMILES string of the molecule is COC(=O)c1cc(-n2cc(C(N)=O)cn2)c(F)cc1N. The minimum Gasteiger partial charge on any atom is -0.465 e. The second-order valence-corrected chi connectivity index (χ2v) is 3.92. The topological polar surface area (TPSA) is 113 Å². The Balaban J connectivity index is 2.55. The summed E-state index contributed by atoms with van der Waals surface area (Å²) in [6.45, 7) is 0. The van der Waals surface area contributed by atoms with Crippen LogP contribution in [0.15, 0.2) is 24.5 Å². The third-order valence-corrected chi connectivity index (χ3v) is 2.64. The zero-order valence-corrected chi connectivity index (χ0v) is 10.5. The number of anilines is 1. The number of hydrogen-bond donors (Lipinski definition) is 2. The van der Waals surface area contributed by atoms with Crippen LogP contribution in [0.5, 0.6) is 0 Å². The van der Waals surface area contributed by atoms with E-state index < -0.39 is 17.7 Å². The summed E-state index contributed by atoms with van der Waals surface area (Å²) >= 11 is 0. The summed E-state index contributed by atoms with van der Waals surface area (Å²) < 4.78 is 19.5. The minimum absolute atomic E-state index is 0.0000231. The average molecular weight is 278 g/mol. The van der Waals surface area contributed by atoms with E-state index in [2.05, 4.69) is 9.84 Å². The first kappa shape index (κ1) is 13.5. The highest BCUT2D eigenvalue weighted by Crippen LogP contribution is 2.22. The molecular weight excluding hydrogens is 267 g/mol. The first-order valence-corrected chi connectivity index (χ1v) is 5.46. The number of amides is 1. The Hall–Kier alpha value is -2.90. The van der Waals surface area contributed by atoms with Gasteiger partial charge in [-0.15, -0.1) is 0 Å². The Morgan fingerprint density at radius 3 is 2.65 bits per heavy atom. The number of aromatic nitrogens is 2. The van der Waals surface area contributed by atoms with E-state index in [9.17, 15) is 14.0 Å². The maximum atomic E-state index is 13.9. The van der Waals surface area contributed by atoms with Crippen LogP contribution >= 0.6 is 0 Å². The van der Waals surface area contributed by atoms with E-state index in [0.29, 0.717) is 0 Å². The number of carbonyl (C=O) groups excluding carboxylic acids is 2. The number of benzene rings is 1. The van der Waals surface area contributed by atoms with Crippen LogP contribution in [0.25, 0.3) is 5.69 Å². The number of ether oxygens (including phenoxy) is 1. The fourth-order valence-electron chi connectivity index (χ4n) is 1.62. The molecule has 1 aromatic carbocycles. The highest BCUT2D eigenvalue weighted by atomic mass is 19.1. The van der Waals surface area contributed by atoms with Crippen LogP contribution in [-0.2, 0) is 4.74 Å². The van der Waals surface area contributed by atoms with Crippen molar-refractivity contribution in [1.82, 2.24) is 9.78 Å². The Labute approximate surface area is 112 Å². The van der Waals surface area contributed by atoms with Gasteiger partial charge in [-0.1, -0.05) is 0 Å². The summed E-state index contributed by atoms with van der Waals surface area (Å²) in [6.07, 6.45) is 2.44. The highest BCUT2D eigenvalue weighted by Gasteiger charge is 2.17. The molecule has 0 spiro atoms. The first-order chi connectivity index (χ1) is 9.43. The number of methoxy groups -OCH3 is 1. The van der Waals surface area contributed by atoms with Gasteiger partial charge in [-0.2, -0.15) is 5.10 Å². The number of carbonyl (C=O) groups is 2. The second-order valence-electron chi connectivity index (χ2n) is 3.92. The van der Waals surface area contributed by atoms with Crippen molar-refractivity contribution in [3.8, 4) is 5.69 Å². The van der Waals surface area contributed by atoms with E-state index in [-0.39, 0.29) is 22.5 Å². The van der Waals surface area contributed by atoms with E-state index in [4.69, 9.17) is 11.5 Å². The zero-order chi connectivity index (χ0) is 14.9. The van der Waals surface area contributed by atoms with E-state index in [1.54, 1.807) is 0 Å². The van der Waals surface area contributed by atoms with Gasteiger partial charge in [0.1, 0.15) is 5.69 Å². The van der Waals surface area contributed by atoms with Crippen molar-refractivity contribution in [1.29, 1.82) is 0 Å². The van der Waals surface area contributed by atoms with Gasteiger partial charge in [0.05, 0.1) is 24.4 Å². The second kappa shape index (κ2) is 5.00. The number of rotatable bonds is 3. The molecule has 0 unspecified atom stereocenters. The molecule has 0 saturated heterocycles. The van der Waals surface area contributed by atoms with Crippen LogP contribution in [0, 0.1) is 5.82 Å². The number of nitrogens with two attached hydrogens (primary N) is 2. The Morgan fingerprint density at radius 1 is 1.40 bits per heavy atom. The molecule has 0 aliphatic heterocycles. The summed E-state index contributed by atoms with van der Waals surface area (Å²) in [4.78, 5) is 22.5. The fraction of sp³-hybridized carbons (Fsp3) is 0.0833. The smallest absolute Gasteiger partial charge is 0.340 e. The molecule has 1 heterocycles. The normalized spacial score (nSPS) is 10.3. The number of nitrogen functional groups attached to an aromatic ring is 1. The fourth-order valence-corrected chi connectivity index (χ4v) is 1.62. The summed E-state index contributed by atoms with van der Waals surface area (Å²) in [5.41, 5.74) is 10.6. The van der Waals surface area contributed by atoms with Gasteiger partial charge in [0, 0.05) is 11.9 Å². The Bertz CT molecular complexity index is 696. The summed E-state index contributed by atoms with van der Waals surface area (Å²) in [5.74, 6) is -2.10. The third-order valence-electron chi connectivity index (χ3n) is 2.64. The van der Waals surface area contributed by atoms with Gasteiger partial charge in [-0.25, -0.2) is 13.9 Å². The molecule has 0 fully saturated rings. The molecule has 0 bridgehead atoms. The lowest BCUT2D eigenvalue weighted by Gasteiger charge is -2.08. The van der Waals surface area contributed by atoms with Crippen molar-refractivity contribution in [3.05, 3.63) is 41.5 Å². The Kier molecular flexibility index (Phi) is 3.38. The van der Waals surface area contributed by atoms with Gasteiger partial charge in [0.15, 0.2) is 5.82 Å². The van der Waals surface area contributed by atoms with Crippen LogP contribution in [0.1, 0.15) is 20.7 Å². The first-order valence-electron chi connectivity index (χ1n) is 5.46. The zero-order valence-electron chi connectivity index (χ0n) is 10.5. The quantitative estimate of drug-likeness (QED) is 0.626. The van der Waals surface area contributed by atoms with Crippen LogP contribution in [0.3, 0.4) is 0 Å². The summed E-state index contributed by atoms with van der Waals surface area (Å²) in [7, 11) is 1.18. The molecule has 0 radical (unpaired) electrons. The summed E-state index contributed by atoms with van der Waals surface area (Å²) in [5, 5.41) is 3.81. The van der Waals surface area contributed by atoms with Gasteiger partial charge < -0.3 is 16.2 Å². The minimum atomic E-state index is -0.703. The summed E-state index contributed by atoms with van der Waals surface area (Å²) in [6, 6.07) is 2.17. The van der Waals surface area contributed by atoms with Crippen LogP contribution in [0.4, 0.5) is 10.1 Å². The highest BCUT2D eigenvalue weighted by molar-refractivity contribution is 5.96. The lowest BCUT2D eigenvalue weighted by atomic mass is 10.1. The predicted molar refractivity (Wildman–Crippen MR) is 67.8 cm³/mol. The molecule has 4 N–H and O–H groups in total. The van der Waals surface area contributed by atoms with Crippen molar-refractivity contribution < 1.29 is 18.7 Å². The van der Waals surface area contributed by atoms with Gasteiger partial charge >= 0.3 is 5.97 Å². The molecule has 8 heteroatoms. The maximum Gasteiger partial charge on any atom is 0.340 e. The van der Waals surface area contributed by atoms with Crippen molar-refractivity contribution in [2.45, 2.75) is 0 Å². The molecule has 2 rings (SSSR count). The number of esters is 1. The standard InChI is InChI=1S/C12H11FN4O3/c1-20-12(19)7-2-10(8(13)3-9(7)14)17-5-6(4-16-17)11(15)18/h2-5H,14H2,1H3,(H2,15,18). The Morgan fingerprint density at radius 2 is 2.10 bits per heavy atom. The van der Waals surface area contributed by atoms with Crippen LogP contribution in [0.2, 0.25) is 0 Å². The number of halogens is 1. The van der Waals surface area contributed by atoms with Gasteiger partial charge in [-0.05, 0) is 12.1 Å². The van der Waals surface area contributed by atoms with Crippen molar-refractivity contribution in [2.75, 3.05) is 12.8 Å². The monoisotopic (exact) mass is 278 g/mol. The van der Waals surface area contributed by atoms with Crippen LogP contribution in [-0.4, -0.2) is 28.8 Å². The molecule has 0 atom stereocenters. The van der Waals surface area contributed by atoms with Crippen molar-refractivity contribution in [3.63, 3.8) is 0 Å². The van der Waals surface area contributed by atoms with Gasteiger partial charge in [-0.3, -0.25) is 4.79 Å². The number of nitrogens with zero attached hydrogens (tertiary/aromatic N) is 2. The molecular formula is C12H11FN4O3. The lowest BCUT2D eigenvalue weighted by molar-refractivity contribution is 0.0601. The molecule has 0 aliphatic rings. The van der Waals surface area contributed by atoms with E-state index in [0.717, 1.165) is 10.7 Å². The number of primary amides is 1. The molecule has 7 nitrogen and oxygen atoms in total. The maximum absolute atomic E-state index is 13.9. The van der Waals surface area contributed by atoms with Crippen LogP contribution < -0.4 is 11.5 Å². The molecule has 104 valence electrons. The molecule has 0 aliphatic carbocycles. The van der Waals surface area contributed by atoms with E-state index >= 15 is 0 Å². The molecule has 0 saturated carbocycles. The number of hydrogen-bond acceptors (Lipinski definition) is 5. The van der Waals surface area contributed by atoms with E-state index in [1.165, 1.54) is 25.6 Å². The molecule has 20 heavy (non-hydrogen) atoms. The van der Waals surface area contributed by atoms with E-state index in [1.807, 2.05) is 0 Å². The molecule has 2 aromatic rings.